The van der Waals surface area contributed by atoms with Crippen molar-refractivity contribution in [2.45, 2.75) is 20.4 Å². The van der Waals surface area contributed by atoms with Gasteiger partial charge in [0.15, 0.2) is 0 Å². The average molecular weight is 275 g/mol. The van der Waals surface area contributed by atoms with E-state index in [1.807, 2.05) is 18.1 Å². The number of aryl methyl sites for hydroxylation is 1. The largest absolute Gasteiger partial charge is 0.462 e. The first kappa shape index (κ1) is 14.0. The summed E-state index contributed by atoms with van der Waals surface area (Å²) in [6, 6.07) is 0. The van der Waals surface area contributed by atoms with Gasteiger partial charge in [0.25, 0.3) is 0 Å². The molecule has 0 aliphatic rings. The second kappa shape index (κ2) is 6.14. The molecule has 2 heterocycles. The maximum atomic E-state index is 11.7. The van der Waals surface area contributed by atoms with E-state index in [9.17, 15) is 4.79 Å². The van der Waals surface area contributed by atoms with Crippen molar-refractivity contribution in [1.29, 1.82) is 0 Å². The van der Waals surface area contributed by atoms with Gasteiger partial charge >= 0.3 is 5.97 Å². The van der Waals surface area contributed by atoms with E-state index in [1.165, 1.54) is 6.20 Å². The number of anilines is 1. The molecule has 0 radical (unpaired) electrons. The number of carbonyl (C=O) groups is 1. The lowest BCUT2D eigenvalue weighted by Crippen LogP contribution is -2.20. The molecule has 0 bridgehead atoms. The van der Waals surface area contributed by atoms with E-state index in [4.69, 9.17) is 4.74 Å². The highest BCUT2D eigenvalue weighted by Crippen LogP contribution is 2.13. The molecule has 0 saturated heterocycles. The molecule has 2 aromatic heterocycles. The van der Waals surface area contributed by atoms with E-state index < -0.39 is 5.97 Å². The van der Waals surface area contributed by atoms with Crippen molar-refractivity contribution in [3.63, 3.8) is 0 Å². The summed E-state index contributed by atoms with van der Waals surface area (Å²) in [7, 11) is 1.88. The average Bonchev–Trinajstić information content (AvgIpc) is 2.91. The van der Waals surface area contributed by atoms with Crippen molar-refractivity contribution >= 4 is 11.9 Å². The van der Waals surface area contributed by atoms with Gasteiger partial charge in [0.05, 0.1) is 24.1 Å². The van der Waals surface area contributed by atoms with Crippen molar-refractivity contribution in [2.75, 3.05) is 18.6 Å². The van der Waals surface area contributed by atoms with Crippen LogP contribution < -0.4 is 4.90 Å². The molecule has 20 heavy (non-hydrogen) atoms. The zero-order valence-corrected chi connectivity index (χ0v) is 11.8. The summed E-state index contributed by atoms with van der Waals surface area (Å²) in [5.74, 6) is 0.158. The fourth-order valence-corrected chi connectivity index (χ4v) is 1.76. The molecule has 0 atom stereocenters. The van der Waals surface area contributed by atoms with Crippen LogP contribution in [0.2, 0.25) is 0 Å². The molecule has 0 fully saturated rings. The molecule has 7 nitrogen and oxygen atoms in total. The van der Waals surface area contributed by atoms with Crippen LogP contribution in [0.15, 0.2) is 18.6 Å². The number of esters is 1. The van der Waals surface area contributed by atoms with Crippen LogP contribution in [0, 0.1) is 6.92 Å². The van der Waals surface area contributed by atoms with Crippen molar-refractivity contribution in [1.82, 2.24) is 20.2 Å². The number of H-pyrrole nitrogens is 1. The van der Waals surface area contributed by atoms with Gasteiger partial charge in [-0.05, 0) is 13.8 Å². The second-order valence-corrected chi connectivity index (χ2v) is 4.35. The molecule has 2 rings (SSSR count). The predicted octanol–water partition coefficient (Wildman–Crippen LogP) is 1.32. The first-order valence-corrected chi connectivity index (χ1v) is 6.31. The van der Waals surface area contributed by atoms with Crippen LogP contribution in [0.1, 0.15) is 28.5 Å². The van der Waals surface area contributed by atoms with Gasteiger partial charge in [0.2, 0.25) is 5.95 Å². The quantitative estimate of drug-likeness (QED) is 0.828. The Morgan fingerprint density at radius 1 is 1.45 bits per heavy atom. The van der Waals surface area contributed by atoms with E-state index in [0.717, 1.165) is 5.56 Å². The molecule has 1 N–H and O–H groups in total. The summed E-state index contributed by atoms with van der Waals surface area (Å²) in [6.45, 7) is 4.50. The smallest absolute Gasteiger partial charge is 0.341 e. The highest BCUT2D eigenvalue weighted by molar-refractivity contribution is 5.90. The summed E-state index contributed by atoms with van der Waals surface area (Å²) < 4.78 is 4.95. The lowest BCUT2D eigenvalue weighted by atomic mass is 10.2. The van der Waals surface area contributed by atoms with Crippen LogP contribution >= 0.6 is 0 Å². The Labute approximate surface area is 117 Å². The predicted molar refractivity (Wildman–Crippen MR) is 73.4 cm³/mol. The molecule has 0 spiro atoms. The number of hydrogen-bond donors (Lipinski definition) is 1. The second-order valence-electron chi connectivity index (χ2n) is 4.35. The number of ether oxygens (including phenoxy) is 1. The monoisotopic (exact) mass is 275 g/mol. The van der Waals surface area contributed by atoms with E-state index in [1.54, 1.807) is 20.0 Å². The van der Waals surface area contributed by atoms with Crippen LogP contribution in [-0.4, -0.2) is 39.8 Å². The summed E-state index contributed by atoms with van der Waals surface area (Å²) in [5, 5.41) is 6.65. The number of rotatable bonds is 5. The van der Waals surface area contributed by atoms with E-state index in [0.29, 0.717) is 30.4 Å². The zero-order chi connectivity index (χ0) is 14.5. The van der Waals surface area contributed by atoms with E-state index in [2.05, 4.69) is 20.2 Å². The number of aromatic amines is 1. The van der Waals surface area contributed by atoms with Crippen molar-refractivity contribution in [3.05, 3.63) is 35.4 Å². The maximum absolute atomic E-state index is 11.7. The van der Waals surface area contributed by atoms with Crippen LogP contribution in [0.5, 0.6) is 0 Å². The van der Waals surface area contributed by atoms with Crippen LogP contribution in [0.4, 0.5) is 5.95 Å². The molecule has 7 heteroatoms. The van der Waals surface area contributed by atoms with Crippen LogP contribution in [0.3, 0.4) is 0 Å². The molecule has 0 aliphatic heterocycles. The lowest BCUT2D eigenvalue weighted by molar-refractivity contribution is 0.0524. The number of nitrogens with zero attached hydrogens (tertiary/aromatic N) is 4. The van der Waals surface area contributed by atoms with Crippen molar-refractivity contribution in [2.24, 2.45) is 0 Å². The number of nitrogens with one attached hydrogen (secondary N) is 1. The first-order chi connectivity index (χ1) is 9.61. The number of hydrogen-bond acceptors (Lipinski definition) is 6. The summed E-state index contributed by atoms with van der Waals surface area (Å²) >= 11 is 0. The third-order valence-electron chi connectivity index (χ3n) is 2.78. The minimum absolute atomic E-state index is 0.334. The van der Waals surface area contributed by atoms with Gasteiger partial charge in [-0.25, -0.2) is 14.8 Å². The maximum Gasteiger partial charge on any atom is 0.341 e. The van der Waals surface area contributed by atoms with Gasteiger partial charge in [0.1, 0.15) is 0 Å². The van der Waals surface area contributed by atoms with Gasteiger partial charge < -0.3 is 9.64 Å². The van der Waals surface area contributed by atoms with Gasteiger partial charge in [-0.2, -0.15) is 5.10 Å². The normalized spacial score (nSPS) is 10.3. The molecular formula is C13H17N5O2. The van der Waals surface area contributed by atoms with Gasteiger partial charge in [-0.1, -0.05) is 0 Å². The topological polar surface area (TPSA) is 84.0 Å². The van der Waals surface area contributed by atoms with E-state index >= 15 is 0 Å². The molecule has 0 unspecified atom stereocenters. The minimum Gasteiger partial charge on any atom is -0.462 e. The fourth-order valence-electron chi connectivity index (χ4n) is 1.76. The SMILES string of the molecule is CCOC(=O)c1cnc(N(C)Cc2cn[nH]c2)nc1C. The van der Waals surface area contributed by atoms with Gasteiger partial charge in [0, 0.05) is 31.5 Å². The van der Waals surface area contributed by atoms with Gasteiger partial charge in [-0.3, -0.25) is 5.10 Å². The molecule has 0 aromatic carbocycles. The molecule has 106 valence electrons. The molecule has 0 saturated carbocycles. The summed E-state index contributed by atoms with van der Waals surface area (Å²) in [4.78, 5) is 22.1. The Kier molecular flexibility index (Phi) is 4.29. The third kappa shape index (κ3) is 3.11. The Morgan fingerprint density at radius 3 is 2.85 bits per heavy atom. The molecule has 0 amide bonds. The highest BCUT2D eigenvalue weighted by Gasteiger charge is 2.14. The van der Waals surface area contributed by atoms with Crippen molar-refractivity contribution in [3.8, 4) is 0 Å². The van der Waals surface area contributed by atoms with Crippen molar-refractivity contribution < 1.29 is 9.53 Å². The molecule has 2 aromatic rings. The molecular weight excluding hydrogens is 258 g/mol. The first-order valence-electron chi connectivity index (χ1n) is 6.31. The Bertz CT molecular complexity index is 582. The minimum atomic E-state index is -0.394. The number of aromatic nitrogens is 4. The van der Waals surface area contributed by atoms with Crippen LogP contribution in [-0.2, 0) is 11.3 Å². The highest BCUT2D eigenvalue weighted by atomic mass is 16.5. The third-order valence-corrected chi connectivity index (χ3v) is 2.78. The summed E-state index contributed by atoms with van der Waals surface area (Å²) in [5.41, 5.74) is 2.03. The fraction of sp³-hybridized carbons (Fsp3) is 0.385. The Morgan fingerprint density at radius 2 is 2.25 bits per heavy atom. The van der Waals surface area contributed by atoms with Crippen LogP contribution in [0.25, 0.3) is 0 Å². The standard InChI is InChI=1S/C13H17N5O2/c1-4-20-12(19)11-7-14-13(17-9(11)2)18(3)8-10-5-15-16-6-10/h5-7H,4,8H2,1-3H3,(H,15,16). The molecule has 0 aliphatic carbocycles. The number of carbonyl (C=O) groups excluding carboxylic acids is 1. The van der Waals surface area contributed by atoms with E-state index in [-0.39, 0.29) is 0 Å². The Hall–Kier alpha value is -2.44. The zero-order valence-electron chi connectivity index (χ0n) is 11.8. The Balaban J connectivity index is 2.14. The lowest BCUT2D eigenvalue weighted by Gasteiger charge is -2.16. The van der Waals surface area contributed by atoms with Gasteiger partial charge in [-0.15, -0.1) is 0 Å². The summed E-state index contributed by atoms with van der Waals surface area (Å²) in [6.07, 6.45) is 5.06.